The topological polar surface area (TPSA) is 114 Å². The van der Waals surface area contributed by atoms with Gasteiger partial charge in [0.15, 0.2) is 18.1 Å². The third-order valence-electron chi connectivity index (χ3n) is 3.20. The number of hydrogen-bond acceptors (Lipinski definition) is 7. The van der Waals surface area contributed by atoms with Gasteiger partial charge in [0, 0.05) is 23.9 Å². The SMILES string of the molecule is COc1cc(NC(=O)COC(=O)c2cccc(O)c2O)cc(OC)c1. The van der Waals surface area contributed by atoms with Crippen molar-refractivity contribution >= 4 is 17.6 Å². The van der Waals surface area contributed by atoms with Crippen molar-refractivity contribution in [3.05, 3.63) is 42.0 Å². The highest BCUT2D eigenvalue weighted by molar-refractivity contribution is 5.97. The van der Waals surface area contributed by atoms with Gasteiger partial charge in [-0.05, 0) is 12.1 Å². The molecule has 2 aromatic carbocycles. The first kappa shape index (κ1) is 17.9. The number of benzene rings is 2. The lowest BCUT2D eigenvalue weighted by Crippen LogP contribution is -2.21. The minimum Gasteiger partial charge on any atom is -0.504 e. The molecule has 0 radical (unpaired) electrons. The van der Waals surface area contributed by atoms with Crippen molar-refractivity contribution in [1.29, 1.82) is 0 Å². The number of methoxy groups -OCH3 is 2. The summed E-state index contributed by atoms with van der Waals surface area (Å²) in [5.74, 6) is -1.63. The van der Waals surface area contributed by atoms with Gasteiger partial charge in [0.05, 0.1) is 14.2 Å². The molecule has 8 nitrogen and oxygen atoms in total. The van der Waals surface area contributed by atoms with Gasteiger partial charge >= 0.3 is 5.97 Å². The van der Waals surface area contributed by atoms with E-state index >= 15 is 0 Å². The summed E-state index contributed by atoms with van der Waals surface area (Å²) < 4.78 is 15.0. The largest absolute Gasteiger partial charge is 0.504 e. The van der Waals surface area contributed by atoms with Crippen molar-refractivity contribution in [2.24, 2.45) is 0 Å². The Morgan fingerprint density at radius 1 is 1.04 bits per heavy atom. The molecule has 0 fully saturated rings. The van der Waals surface area contributed by atoms with Crippen LogP contribution in [0.4, 0.5) is 5.69 Å². The van der Waals surface area contributed by atoms with Gasteiger partial charge in [-0.3, -0.25) is 4.79 Å². The van der Waals surface area contributed by atoms with Crippen LogP contribution in [0.15, 0.2) is 36.4 Å². The van der Waals surface area contributed by atoms with Crippen LogP contribution in [0.2, 0.25) is 0 Å². The highest BCUT2D eigenvalue weighted by Gasteiger charge is 2.17. The Kier molecular flexibility index (Phi) is 5.67. The molecule has 0 aliphatic rings. The van der Waals surface area contributed by atoms with Crippen LogP contribution in [-0.4, -0.2) is 42.9 Å². The predicted octanol–water partition coefficient (Wildman–Crippen LogP) is 1.91. The normalized spacial score (nSPS) is 10.0. The quantitative estimate of drug-likeness (QED) is 0.540. The van der Waals surface area contributed by atoms with Crippen molar-refractivity contribution in [1.82, 2.24) is 0 Å². The zero-order valence-electron chi connectivity index (χ0n) is 13.6. The molecule has 0 aromatic heterocycles. The van der Waals surface area contributed by atoms with E-state index in [0.717, 1.165) is 0 Å². The summed E-state index contributed by atoms with van der Waals surface area (Å²) in [4.78, 5) is 23.8. The number of phenolic OH excluding ortho intramolecular Hbond substituents is 2. The number of esters is 1. The van der Waals surface area contributed by atoms with E-state index in [1.165, 1.54) is 32.4 Å². The Morgan fingerprint density at radius 3 is 2.28 bits per heavy atom. The minimum atomic E-state index is -0.938. The molecular weight excluding hydrogens is 330 g/mol. The van der Waals surface area contributed by atoms with Crippen LogP contribution in [0.5, 0.6) is 23.0 Å². The Labute approximate surface area is 143 Å². The van der Waals surface area contributed by atoms with E-state index in [0.29, 0.717) is 17.2 Å². The molecule has 1 amide bonds. The number of hydrogen-bond donors (Lipinski definition) is 3. The van der Waals surface area contributed by atoms with Crippen LogP contribution in [0.1, 0.15) is 10.4 Å². The summed E-state index contributed by atoms with van der Waals surface area (Å²) in [6.07, 6.45) is 0. The van der Waals surface area contributed by atoms with Crippen LogP contribution < -0.4 is 14.8 Å². The first-order valence-electron chi connectivity index (χ1n) is 7.15. The molecule has 2 aromatic rings. The summed E-state index contributed by atoms with van der Waals surface area (Å²) in [5, 5.41) is 21.5. The molecule has 0 heterocycles. The fourth-order valence-corrected chi connectivity index (χ4v) is 1.98. The molecule has 2 rings (SSSR count). The standard InChI is InChI=1S/C17H17NO7/c1-23-11-6-10(7-12(8-11)24-2)18-15(20)9-25-17(22)13-4-3-5-14(19)16(13)21/h3-8,19,21H,9H2,1-2H3,(H,18,20). The number of aromatic hydroxyl groups is 2. The zero-order valence-corrected chi connectivity index (χ0v) is 13.6. The van der Waals surface area contributed by atoms with Crippen molar-refractivity contribution in [3.8, 4) is 23.0 Å². The molecule has 25 heavy (non-hydrogen) atoms. The molecule has 0 aliphatic heterocycles. The summed E-state index contributed by atoms with van der Waals surface area (Å²) in [6, 6.07) is 8.64. The van der Waals surface area contributed by atoms with Gasteiger partial charge in [-0.2, -0.15) is 0 Å². The Morgan fingerprint density at radius 2 is 1.68 bits per heavy atom. The lowest BCUT2D eigenvalue weighted by atomic mass is 10.2. The van der Waals surface area contributed by atoms with Crippen LogP contribution in [-0.2, 0) is 9.53 Å². The monoisotopic (exact) mass is 347 g/mol. The van der Waals surface area contributed by atoms with Crippen molar-refractivity contribution in [3.63, 3.8) is 0 Å². The van der Waals surface area contributed by atoms with E-state index in [-0.39, 0.29) is 5.56 Å². The number of carbonyl (C=O) groups is 2. The summed E-state index contributed by atoms with van der Waals surface area (Å²) >= 11 is 0. The average molecular weight is 347 g/mol. The van der Waals surface area contributed by atoms with Gasteiger partial charge in [0.2, 0.25) is 0 Å². The third kappa shape index (κ3) is 4.54. The van der Waals surface area contributed by atoms with Gasteiger partial charge in [-0.1, -0.05) is 6.07 Å². The second kappa shape index (κ2) is 7.91. The number of nitrogens with one attached hydrogen (secondary N) is 1. The maximum absolute atomic E-state index is 11.9. The number of amides is 1. The summed E-state index contributed by atoms with van der Waals surface area (Å²) in [5.41, 5.74) is 0.160. The maximum atomic E-state index is 11.9. The molecule has 0 unspecified atom stereocenters. The van der Waals surface area contributed by atoms with E-state index in [9.17, 15) is 19.8 Å². The third-order valence-corrected chi connectivity index (χ3v) is 3.20. The molecule has 0 spiro atoms. The second-order valence-electron chi connectivity index (χ2n) is 4.90. The fourth-order valence-electron chi connectivity index (χ4n) is 1.98. The van der Waals surface area contributed by atoms with E-state index in [1.54, 1.807) is 18.2 Å². The van der Waals surface area contributed by atoms with Crippen LogP contribution in [0, 0.1) is 0 Å². The molecule has 0 aliphatic carbocycles. The van der Waals surface area contributed by atoms with E-state index in [1.807, 2.05) is 0 Å². The summed E-state index contributed by atoms with van der Waals surface area (Å²) in [7, 11) is 2.95. The zero-order chi connectivity index (χ0) is 18.4. The Balaban J connectivity index is 1.99. The lowest BCUT2D eigenvalue weighted by Gasteiger charge is -2.10. The smallest absolute Gasteiger partial charge is 0.342 e. The minimum absolute atomic E-state index is 0.240. The first-order valence-corrected chi connectivity index (χ1v) is 7.15. The van der Waals surface area contributed by atoms with Crippen LogP contribution >= 0.6 is 0 Å². The van der Waals surface area contributed by atoms with Gasteiger partial charge in [0.25, 0.3) is 5.91 Å². The summed E-state index contributed by atoms with van der Waals surface area (Å²) in [6.45, 7) is -0.576. The van der Waals surface area contributed by atoms with Gasteiger partial charge in [-0.15, -0.1) is 0 Å². The fraction of sp³-hybridized carbons (Fsp3) is 0.176. The highest BCUT2D eigenvalue weighted by Crippen LogP contribution is 2.29. The van der Waals surface area contributed by atoms with Gasteiger partial charge < -0.3 is 29.7 Å². The number of ether oxygens (including phenoxy) is 3. The van der Waals surface area contributed by atoms with Crippen LogP contribution in [0.3, 0.4) is 0 Å². The molecule has 0 atom stereocenters. The van der Waals surface area contributed by atoms with Crippen LogP contribution in [0.25, 0.3) is 0 Å². The molecular formula is C17H17NO7. The first-order chi connectivity index (χ1) is 11.9. The molecule has 132 valence electrons. The Bertz CT molecular complexity index is 766. The number of phenols is 2. The van der Waals surface area contributed by atoms with Crippen molar-refractivity contribution < 1.29 is 34.0 Å². The average Bonchev–Trinajstić information content (AvgIpc) is 2.61. The Hall–Kier alpha value is -3.42. The van der Waals surface area contributed by atoms with E-state index in [2.05, 4.69) is 5.32 Å². The van der Waals surface area contributed by atoms with E-state index < -0.39 is 30.0 Å². The number of rotatable bonds is 6. The molecule has 0 saturated heterocycles. The van der Waals surface area contributed by atoms with Gasteiger partial charge in [0.1, 0.15) is 17.1 Å². The predicted molar refractivity (Wildman–Crippen MR) is 88.2 cm³/mol. The van der Waals surface area contributed by atoms with Crippen molar-refractivity contribution in [2.75, 3.05) is 26.1 Å². The number of carbonyl (C=O) groups excluding carboxylic acids is 2. The van der Waals surface area contributed by atoms with E-state index in [4.69, 9.17) is 14.2 Å². The molecule has 0 saturated carbocycles. The lowest BCUT2D eigenvalue weighted by molar-refractivity contribution is -0.119. The van der Waals surface area contributed by atoms with Crippen molar-refractivity contribution in [2.45, 2.75) is 0 Å². The highest BCUT2D eigenvalue weighted by atomic mass is 16.5. The molecule has 0 bridgehead atoms. The maximum Gasteiger partial charge on any atom is 0.342 e. The van der Waals surface area contributed by atoms with Gasteiger partial charge in [-0.25, -0.2) is 4.79 Å². The molecule has 8 heteroatoms. The second-order valence-corrected chi connectivity index (χ2v) is 4.90. The number of para-hydroxylation sites is 1. The number of anilines is 1. The molecule has 3 N–H and O–H groups in total.